The molecule has 0 spiro atoms. The fourth-order valence-electron chi connectivity index (χ4n) is 1.34. The quantitative estimate of drug-likeness (QED) is 0.656. The predicted octanol–water partition coefficient (Wildman–Crippen LogP) is 3.18. The molecular formula is C12H14ClN3O2S. The normalized spacial score (nSPS) is 12.6. The molecule has 2 aromatic rings. The van der Waals surface area contributed by atoms with E-state index >= 15 is 0 Å². The molecule has 1 N–H and O–H groups in total. The van der Waals surface area contributed by atoms with Gasteiger partial charge in [0, 0.05) is 12.7 Å². The number of methoxy groups -OCH3 is 1. The molecule has 0 radical (unpaired) electrons. The minimum atomic E-state index is -0.241. The van der Waals surface area contributed by atoms with E-state index < -0.39 is 0 Å². The van der Waals surface area contributed by atoms with E-state index in [1.165, 1.54) is 11.8 Å². The monoisotopic (exact) mass is 299 g/mol. The third-order valence-electron chi connectivity index (χ3n) is 2.42. The van der Waals surface area contributed by atoms with Gasteiger partial charge in [0.15, 0.2) is 12.1 Å². The van der Waals surface area contributed by atoms with Crippen LogP contribution in [0.5, 0.6) is 0 Å². The van der Waals surface area contributed by atoms with Crippen molar-refractivity contribution in [2.24, 2.45) is 0 Å². The molecule has 0 bridgehead atoms. The summed E-state index contributed by atoms with van der Waals surface area (Å²) in [5.41, 5.74) is 0.828. The third kappa shape index (κ3) is 3.94. The molecule has 19 heavy (non-hydrogen) atoms. The average Bonchev–Trinajstić information content (AvgIpc) is 2.87. The van der Waals surface area contributed by atoms with Crippen molar-refractivity contribution in [2.45, 2.75) is 18.4 Å². The number of ether oxygens (including phenoxy) is 2. The van der Waals surface area contributed by atoms with Crippen LogP contribution in [0.2, 0.25) is 5.02 Å². The molecule has 1 unspecified atom stereocenters. The molecule has 0 aliphatic heterocycles. The van der Waals surface area contributed by atoms with E-state index in [-0.39, 0.29) is 6.29 Å². The van der Waals surface area contributed by atoms with E-state index in [0.29, 0.717) is 21.9 Å². The molecule has 0 saturated carbocycles. The lowest BCUT2D eigenvalue weighted by atomic mass is 10.2. The van der Waals surface area contributed by atoms with Crippen molar-refractivity contribution in [3.05, 3.63) is 29.3 Å². The average molecular weight is 300 g/mol. The summed E-state index contributed by atoms with van der Waals surface area (Å²) in [5, 5.41) is 8.21. The molecule has 1 aromatic heterocycles. The summed E-state index contributed by atoms with van der Waals surface area (Å²) in [5.74, 6) is 1.07. The Balaban J connectivity index is 1.98. The number of thioether (sulfide) groups is 1. The lowest BCUT2D eigenvalue weighted by molar-refractivity contribution is -0.0937. The van der Waals surface area contributed by atoms with Crippen LogP contribution in [0.3, 0.4) is 0 Å². The van der Waals surface area contributed by atoms with Crippen molar-refractivity contribution < 1.29 is 9.47 Å². The van der Waals surface area contributed by atoms with Gasteiger partial charge in [-0.2, -0.15) is 0 Å². The SMILES string of the molecule is COC(C)OCSc1n[nH]c(-c2ccccc2Cl)n1. The van der Waals surface area contributed by atoms with Gasteiger partial charge < -0.3 is 9.47 Å². The van der Waals surface area contributed by atoms with Crippen molar-refractivity contribution in [1.29, 1.82) is 0 Å². The first-order chi connectivity index (χ1) is 9.20. The summed E-state index contributed by atoms with van der Waals surface area (Å²) < 4.78 is 10.3. The molecule has 2 rings (SSSR count). The summed E-state index contributed by atoms with van der Waals surface area (Å²) in [6.07, 6.45) is -0.241. The van der Waals surface area contributed by atoms with Crippen LogP contribution in [0.1, 0.15) is 6.92 Å². The van der Waals surface area contributed by atoms with Crippen LogP contribution in [0, 0.1) is 0 Å². The Morgan fingerprint density at radius 1 is 1.42 bits per heavy atom. The molecule has 0 amide bonds. The van der Waals surface area contributed by atoms with Gasteiger partial charge in [0.05, 0.1) is 5.02 Å². The van der Waals surface area contributed by atoms with Crippen molar-refractivity contribution >= 4 is 23.4 Å². The van der Waals surface area contributed by atoms with Crippen molar-refractivity contribution in [2.75, 3.05) is 13.0 Å². The third-order valence-corrected chi connectivity index (χ3v) is 3.44. The van der Waals surface area contributed by atoms with E-state index in [9.17, 15) is 0 Å². The molecule has 0 fully saturated rings. The van der Waals surface area contributed by atoms with Crippen LogP contribution in [0.15, 0.2) is 29.4 Å². The number of halogens is 1. The zero-order valence-electron chi connectivity index (χ0n) is 10.6. The second-order valence-electron chi connectivity index (χ2n) is 3.68. The first kappa shape index (κ1) is 14.3. The number of rotatable bonds is 6. The fourth-order valence-corrected chi connectivity index (χ4v) is 2.19. The van der Waals surface area contributed by atoms with Crippen molar-refractivity contribution in [3.8, 4) is 11.4 Å². The molecule has 1 heterocycles. The van der Waals surface area contributed by atoms with Crippen LogP contribution < -0.4 is 0 Å². The standard InChI is InChI=1S/C12H14ClN3O2S/c1-8(17-2)18-7-19-12-14-11(15-16-12)9-5-3-4-6-10(9)13/h3-6,8H,7H2,1-2H3,(H,14,15,16). The smallest absolute Gasteiger partial charge is 0.210 e. The Bertz CT molecular complexity index is 535. The second-order valence-corrected chi connectivity index (χ2v) is 4.98. The highest BCUT2D eigenvalue weighted by Crippen LogP contribution is 2.25. The molecule has 0 saturated heterocycles. The van der Waals surface area contributed by atoms with Crippen LogP contribution in [0.25, 0.3) is 11.4 Å². The number of nitrogens with one attached hydrogen (secondary N) is 1. The van der Waals surface area contributed by atoms with Gasteiger partial charge in [-0.25, -0.2) is 4.98 Å². The van der Waals surface area contributed by atoms with Gasteiger partial charge in [0.25, 0.3) is 0 Å². The minimum Gasteiger partial charge on any atom is -0.356 e. The number of aromatic amines is 1. The first-order valence-electron chi connectivity index (χ1n) is 5.65. The Labute approximate surface area is 120 Å². The zero-order valence-corrected chi connectivity index (χ0v) is 12.2. The largest absolute Gasteiger partial charge is 0.356 e. The molecule has 102 valence electrons. The molecular weight excluding hydrogens is 286 g/mol. The summed E-state index contributed by atoms with van der Waals surface area (Å²) in [6.45, 7) is 1.83. The molecule has 5 nitrogen and oxygen atoms in total. The second kappa shape index (κ2) is 6.91. The Kier molecular flexibility index (Phi) is 5.21. The van der Waals surface area contributed by atoms with Gasteiger partial charge in [-0.1, -0.05) is 35.5 Å². The predicted molar refractivity (Wildman–Crippen MR) is 75.1 cm³/mol. The van der Waals surface area contributed by atoms with E-state index in [2.05, 4.69) is 15.2 Å². The molecule has 7 heteroatoms. The van der Waals surface area contributed by atoms with E-state index in [1.807, 2.05) is 31.2 Å². The lowest BCUT2D eigenvalue weighted by Crippen LogP contribution is -2.09. The minimum absolute atomic E-state index is 0.241. The van der Waals surface area contributed by atoms with Crippen LogP contribution in [-0.4, -0.2) is 34.5 Å². The van der Waals surface area contributed by atoms with Gasteiger partial charge in [-0.05, 0) is 19.1 Å². The maximum absolute atomic E-state index is 6.10. The van der Waals surface area contributed by atoms with Crippen molar-refractivity contribution in [1.82, 2.24) is 15.2 Å². The molecule has 0 aliphatic carbocycles. The molecule has 1 atom stereocenters. The Morgan fingerprint density at radius 2 is 2.21 bits per heavy atom. The van der Waals surface area contributed by atoms with Crippen LogP contribution in [-0.2, 0) is 9.47 Å². The van der Waals surface area contributed by atoms with Crippen LogP contribution >= 0.6 is 23.4 Å². The highest BCUT2D eigenvalue weighted by Gasteiger charge is 2.09. The van der Waals surface area contributed by atoms with E-state index in [4.69, 9.17) is 21.1 Å². The van der Waals surface area contributed by atoms with Gasteiger partial charge in [0.1, 0.15) is 5.94 Å². The van der Waals surface area contributed by atoms with Gasteiger partial charge in [0.2, 0.25) is 5.16 Å². The van der Waals surface area contributed by atoms with Crippen molar-refractivity contribution in [3.63, 3.8) is 0 Å². The molecule has 1 aromatic carbocycles. The summed E-state index contributed by atoms with van der Waals surface area (Å²) >= 11 is 7.48. The van der Waals surface area contributed by atoms with Gasteiger partial charge in [-0.3, -0.25) is 5.10 Å². The summed E-state index contributed by atoms with van der Waals surface area (Å²) in [4.78, 5) is 4.36. The highest BCUT2D eigenvalue weighted by molar-refractivity contribution is 7.99. The molecule has 0 aliphatic rings. The topological polar surface area (TPSA) is 60.0 Å². The maximum atomic E-state index is 6.10. The van der Waals surface area contributed by atoms with Gasteiger partial charge >= 0.3 is 0 Å². The lowest BCUT2D eigenvalue weighted by Gasteiger charge is -2.08. The maximum Gasteiger partial charge on any atom is 0.210 e. The summed E-state index contributed by atoms with van der Waals surface area (Å²) in [6, 6.07) is 7.48. The number of benzene rings is 1. The Hall–Kier alpha value is -1.08. The number of hydrogen-bond acceptors (Lipinski definition) is 5. The Morgan fingerprint density at radius 3 is 2.95 bits per heavy atom. The van der Waals surface area contributed by atoms with E-state index in [0.717, 1.165) is 5.56 Å². The number of nitrogens with zero attached hydrogens (tertiary/aromatic N) is 2. The number of H-pyrrole nitrogens is 1. The van der Waals surface area contributed by atoms with E-state index in [1.54, 1.807) is 7.11 Å². The highest BCUT2D eigenvalue weighted by atomic mass is 35.5. The number of hydrogen-bond donors (Lipinski definition) is 1. The van der Waals surface area contributed by atoms with Crippen LogP contribution in [0.4, 0.5) is 0 Å². The zero-order chi connectivity index (χ0) is 13.7. The summed E-state index contributed by atoms with van der Waals surface area (Å²) in [7, 11) is 1.59. The first-order valence-corrected chi connectivity index (χ1v) is 7.01. The fraction of sp³-hybridized carbons (Fsp3) is 0.333. The van der Waals surface area contributed by atoms with Gasteiger partial charge in [-0.15, -0.1) is 5.10 Å². The number of aromatic nitrogens is 3.